The second-order valence-corrected chi connectivity index (χ2v) is 6.47. The highest BCUT2D eigenvalue weighted by Crippen LogP contribution is 2.33. The van der Waals surface area contributed by atoms with Crippen molar-refractivity contribution >= 4 is 22.4 Å². The van der Waals surface area contributed by atoms with E-state index in [-0.39, 0.29) is 5.91 Å². The molecule has 0 aliphatic carbocycles. The van der Waals surface area contributed by atoms with Crippen LogP contribution < -0.4 is 10.1 Å². The van der Waals surface area contributed by atoms with Crippen molar-refractivity contribution < 1.29 is 13.9 Å². The molecule has 0 atom stereocenters. The summed E-state index contributed by atoms with van der Waals surface area (Å²) in [6.07, 6.45) is 9.63. The molecule has 0 bridgehead atoms. The van der Waals surface area contributed by atoms with Crippen molar-refractivity contribution in [1.29, 1.82) is 0 Å². The summed E-state index contributed by atoms with van der Waals surface area (Å²) in [4.78, 5) is 16.3. The van der Waals surface area contributed by atoms with E-state index >= 15 is 0 Å². The molecule has 0 aliphatic heterocycles. The molecular weight excluding hydrogens is 342 g/mol. The number of fused-ring (bicyclic) bond motifs is 1. The molecule has 6 nitrogen and oxygen atoms in total. The van der Waals surface area contributed by atoms with Gasteiger partial charge in [0.25, 0.3) is 0 Å². The molecule has 1 amide bonds. The standard InChI is InChI=1S/C21H25N3O3/c1-4-26-19-12-20-18(16(3)13-27-20)11-17(19)15(2)10-21(25)23-6-5-8-24-9-7-22-14-24/h7,9-14H,4-6,8H2,1-3H3,(H,23,25)/b15-10+. The Morgan fingerprint density at radius 3 is 3.00 bits per heavy atom. The van der Waals surface area contributed by atoms with E-state index in [0.29, 0.717) is 13.2 Å². The fraction of sp³-hybridized carbons (Fsp3) is 0.333. The first kappa shape index (κ1) is 18.8. The SMILES string of the molecule is CCOc1cc2occ(C)c2cc1/C(C)=C/C(=O)NCCCn1ccnc1. The van der Waals surface area contributed by atoms with E-state index in [0.717, 1.165) is 46.4 Å². The Morgan fingerprint density at radius 1 is 1.41 bits per heavy atom. The normalized spacial score (nSPS) is 11.7. The highest BCUT2D eigenvalue weighted by atomic mass is 16.5. The van der Waals surface area contributed by atoms with Crippen LogP contribution in [0.15, 0.2) is 47.6 Å². The van der Waals surface area contributed by atoms with Crippen LogP contribution in [-0.4, -0.2) is 28.6 Å². The molecule has 6 heteroatoms. The van der Waals surface area contributed by atoms with E-state index in [1.165, 1.54) is 0 Å². The number of hydrogen-bond acceptors (Lipinski definition) is 4. The maximum Gasteiger partial charge on any atom is 0.244 e. The van der Waals surface area contributed by atoms with Gasteiger partial charge in [0.05, 0.1) is 19.2 Å². The molecule has 0 aliphatic rings. The molecule has 3 aromatic rings. The molecule has 142 valence electrons. The smallest absolute Gasteiger partial charge is 0.244 e. The van der Waals surface area contributed by atoms with Gasteiger partial charge in [-0.05, 0) is 44.4 Å². The molecule has 1 N–H and O–H groups in total. The highest BCUT2D eigenvalue weighted by Gasteiger charge is 2.12. The summed E-state index contributed by atoms with van der Waals surface area (Å²) >= 11 is 0. The van der Waals surface area contributed by atoms with Crippen LogP contribution in [0.2, 0.25) is 0 Å². The quantitative estimate of drug-likeness (QED) is 0.483. The third-order valence-electron chi connectivity index (χ3n) is 4.39. The van der Waals surface area contributed by atoms with Crippen molar-refractivity contribution in [1.82, 2.24) is 14.9 Å². The van der Waals surface area contributed by atoms with Gasteiger partial charge >= 0.3 is 0 Å². The Bertz CT molecular complexity index is 939. The van der Waals surface area contributed by atoms with Gasteiger partial charge in [0.2, 0.25) is 5.91 Å². The summed E-state index contributed by atoms with van der Waals surface area (Å²) in [6, 6.07) is 3.92. The number of benzene rings is 1. The number of nitrogens with one attached hydrogen (secondary N) is 1. The van der Waals surface area contributed by atoms with Crippen LogP contribution in [0, 0.1) is 6.92 Å². The van der Waals surface area contributed by atoms with Gasteiger partial charge in [-0.25, -0.2) is 4.98 Å². The van der Waals surface area contributed by atoms with E-state index in [2.05, 4.69) is 10.3 Å². The number of hydrogen-bond donors (Lipinski definition) is 1. The fourth-order valence-electron chi connectivity index (χ4n) is 2.98. The van der Waals surface area contributed by atoms with Gasteiger partial charge in [0, 0.05) is 48.6 Å². The first-order chi connectivity index (χ1) is 13.1. The minimum absolute atomic E-state index is 0.107. The van der Waals surface area contributed by atoms with Crippen molar-refractivity contribution in [3.8, 4) is 5.75 Å². The summed E-state index contributed by atoms with van der Waals surface area (Å²) < 4.78 is 13.3. The summed E-state index contributed by atoms with van der Waals surface area (Å²) in [5.74, 6) is 0.616. The zero-order valence-electron chi connectivity index (χ0n) is 16.0. The van der Waals surface area contributed by atoms with Gasteiger partial charge < -0.3 is 19.0 Å². The first-order valence-corrected chi connectivity index (χ1v) is 9.15. The second kappa shape index (κ2) is 8.58. The number of ether oxygens (including phenoxy) is 1. The van der Waals surface area contributed by atoms with Crippen LogP contribution in [0.25, 0.3) is 16.5 Å². The predicted octanol–water partition coefficient (Wildman–Crippen LogP) is 3.95. The second-order valence-electron chi connectivity index (χ2n) is 6.47. The molecule has 2 heterocycles. The van der Waals surface area contributed by atoms with Crippen LogP contribution in [0.1, 0.15) is 31.4 Å². The van der Waals surface area contributed by atoms with Gasteiger partial charge in [-0.3, -0.25) is 4.79 Å². The molecular formula is C21H25N3O3. The summed E-state index contributed by atoms with van der Waals surface area (Å²) in [6.45, 7) is 7.85. The van der Waals surface area contributed by atoms with Gasteiger partial charge in [-0.2, -0.15) is 0 Å². The Hall–Kier alpha value is -3.02. The van der Waals surface area contributed by atoms with Crippen LogP contribution >= 0.6 is 0 Å². The third-order valence-corrected chi connectivity index (χ3v) is 4.39. The number of carbonyl (C=O) groups excluding carboxylic acids is 1. The molecule has 1 aromatic carbocycles. The topological polar surface area (TPSA) is 69.3 Å². The van der Waals surface area contributed by atoms with Gasteiger partial charge in [0.15, 0.2) is 0 Å². The number of nitrogens with zero attached hydrogens (tertiary/aromatic N) is 2. The Labute approximate surface area is 158 Å². The molecule has 0 saturated carbocycles. The first-order valence-electron chi connectivity index (χ1n) is 9.15. The van der Waals surface area contributed by atoms with E-state index in [4.69, 9.17) is 9.15 Å². The fourth-order valence-corrected chi connectivity index (χ4v) is 2.98. The van der Waals surface area contributed by atoms with Gasteiger partial charge in [0.1, 0.15) is 11.3 Å². The van der Waals surface area contributed by atoms with Crippen LogP contribution in [-0.2, 0) is 11.3 Å². The molecule has 0 radical (unpaired) electrons. The minimum atomic E-state index is -0.107. The largest absolute Gasteiger partial charge is 0.493 e. The van der Waals surface area contributed by atoms with Crippen molar-refractivity contribution in [2.45, 2.75) is 33.7 Å². The number of allylic oxidation sites excluding steroid dienone is 1. The zero-order valence-corrected chi connectivity index (χ0v) is 16.0. The third kappa shape index (κ3) is 4.58. The van der Waals surface area contributed by atoms with E-state index in [1.54, 1.807) is 24.9 Å². The molecule has 0 saturated heterocycles. The number of furan rings is 1. The molecule has 3 rings (SSSR count). The molecule has 0 fully saturated rings. The molecule has 0 unspecified atom stereocenters. The van der Waals surface area contributed by atoms with Crippen molar-refractivity contribution in [2.75, 3.05) is 13.2 Å². The van der Waals surface area contributed by atoms with Crippen molar-refractivity contribution in [2.24, 2.45) is 0 Å². The number of rotatable bonds is 8. The average molecular weight is 367 g/mol. The van der Waals surface area contributed by atoms with Crippen LogP contribution in [0.5, 0.6) is 5.75 Å². The van der Waals surface area contributed by atoms with Gasteiger partial charge in [-0.1, -0.05) is 0 Å². The maximum atomic E-state index is 12.3. The average Bonchev–Trinajstić information content (AvgIpc) is 3.28. The van der Waals surface area contributed by atoms with Crippen molar-refractivity contribution in [3.63, 3.8) is 0 Å². The number of aromatic nitrogens is 2. The zero-order chi connectivity index (χ0) is 19.2. The van der Waals surface area contributed by atoms with E-state index in [9.17, 15) is 4.79 Å². The van der Waals surface area contributed by atoms with Gasteiger partial charge in [-0.15, -0.1) is 0 Å². The molecule has 0 spiro atoms. The lowest BCUT2D eigenvalue weighted by molar-refractivity contribution is -0.116. The lowest BCUT2D eigenvalue weighted by Crippen LogP contribution is -2.23. The Kier molecular flexibility index (Phi) is 5.96. The number of amides is 1. The number of carbonyl (C=O) groups is 1. The summed E-state index contributed by atoms with van der Waals surface area (Å²) in [5, 5.41) is 3.96. The van der Waals surface area contributed by atoms with Crippen LogP contribution in [0.3, 0.4) is 0 Å². The summed E-state index contributed by atoms with van der Waals surface area (Å²) in [7, 11) is 0. The molecule has 27 heavy (non-hydrogen) atoms. The lowest BCUT2D eigenvalue weighted by atomic mass is 10.0. The Balaban J connectivity index is 1.69. The number of aryl methyl sites for hydroxylation is 2. The Morgan fingerprint density at radius 2 is 2.26 bits per heavy atom. The maximum absolute atomic E-state index is 12.3. The predicted molar refractivity (Wildman–Crippen MR) is 106 cm³/mol. The van der Waals surface area contributed by atoms with E-state index < -0.39 is 0 Å². The summed E-state index contributed by atoms with van der Waals surface area (Å²) in [5.41, 5.74) is 3.61. The highest BCUT2D eigenvalue weighted by molar-refractivity contribution is 5.97. The minimum Gasteiger partial charge on any atom is -0.493 e. The molecule has 2 aromatic heterocycles. The lowest BCUT2D eigenvalue weighted by Gasteiger charge is -2.11. The van der Waals surface area contributed by atoms with Crippen LogP contribution in [0.4, 0.5) is 0 Å². The van der Waals surface area contributed by atoms with E-state index in [1.807, 2.05) is 43.7 Å². The number of imidazole rings is 1. The van der Waals surface area contributed by atoms with Crippen molar-refractivity contribution in [3.05, 3.63) is 54.3 Å². The monoisotopic (exact) mass is 367 g/mol.